The van der Waals surface area contributed by atoms with Gasteiger partial charge in [0.2, 0.25) is 0 Å². The Hall–Kier alpha value is -0.640. The van der Waals surface area contributed by atoms with E-state index in [4.69, 9.17) is 10.2 Å². The summed E-state index contributed by atoms with van der Waals surface area (Å²) in [4.78, 5) is 0. The number of hydrogen-bond acceptors (Lipinski definition) is 3. The van der Waals surface area contributed by atoms with Gasteiger partial charge >= 0.3 is 0 Å². The van der Waals surface area contributed by atoms with E-state index in [9.17, 15) is 5.11 Å². The predicted octanol–water partition coefficient (Wildman–Crippen LogP) is 0.615. The van der Waals surface area contributed by atoms with Gasteiger partial charge in [0.25, 0.3) is 0 Å². The Morgan fingerprint density at radius 3 is 2.46 bits per heavy atom. The smallest absolute Gasteiger partial charge is 0.0747 e. The van der Waals surface area contributed by atoms with E-state index in [1.54, 1.807) is 13.0 Å². The molecule has 1 unspecified atom stereocenters. The van der Waals surface area contributed by atoms with Crippen molar-refractivity contribution in [1.82, 2.24) is 0 Å². The highest BCUT2D eigenvalue weighted by Gasteiger charge is 2.05. The molecule has 3 N–H and O–H groups in total. The minimum Gasteiger partial charge on any atom is -0.392 e. The highest BCUT2D eigenvalue weighted by Crippen LogP contribution is 2.11. The Kier molecular flexibility index (Phi) is 6.49. The van der Waals surface area contributed by atoms with E-state index in [-0.39, 0.29) is 13.2 Å². The van der Waals surface area contributed by atoms with E-state index in [2.05, 4.69) is 6.58 Å². The fourth-order valence-corrected chi connectivity index (χ4v) is 0.943. The van der Waals surface area contributed by atoms with Crippen LogP contribution in [-0.2, 0) is 0 Å². The minimum absolute atomic E-state index is 0.0660. The van der Waals surface area contributed by atoms with Crippen LogP contribution in [-0.4, -0.2) is 34.6 Å². The fraction of sp³-hybridized carbons (Fsp3) is 0.600. The molecule has 0 saturated carbocycles. The van der Waals surface area contributed by atoms with Gasteiger partial charge in [-0.05, 0) is 25.3 Å². The third-order valence-corrected chi connectivity index (χ3v) is 1.89. The second-order valence-electron chi connectivity index (χ2n) is 3.10. The topological polar surface area (TPSA) is 60.7 Å². The number of aliphatic hydroxyl groups is 3. The Bertz CT molecular complexity index is 185. The summed E-state index contributed by atoms with van der Waals surface area (Å²) in [6.07, 6.45) is 2.17. The maximum Gasteiger partial charge on any atom is 0.0747 e. The summed E-state index contributed by atoms with van der Waals surface area (Å²) in [5, 5.41) is 26.8. The van der Waals surface area contributed by atoms with Gasteiger partial charge in [0.05, 0.1) is 19.3 Å². The lowest BCUT2D eigenvalue weighted by Crippen LogP contribution is -2.08. The first-order valence-electron chi connectivity index (χ1n) is 4.35. The lowest BCUT2D eigenvalue weighted by atomic mass is 10.0. The molecule has 0 aliphatic rings. The zero-order valence-electron chi connectivity index (χ0n) is 8.03. The molecule has 0 fully saturated rings. The maximum atomic E-state index is 9.37. The molecule has 0 aromatic carbocycles. The van der Waals surface area contributed by atoms with Crippen LogP contribution in [0.2, 0.25) is 0 Å². The van der Waals surface area contributed by atoms with Crippen LogP contribution in [0, 0.1) is 0 Å². The van der Waals surface area contributed by atoms with Gasteiger partial charge in [-0.15, -0.1) is 0 Å². The molecule has 0 aliphatic carbocycles. The van der Waals surface area contributed by atoms with Gasteiger partial charge in [-0.25, -0.2) is 0 Å². The Balaban J connectivity index is 3.85. The molecule has 3 nitrogen and oxygen atoms in total. The number of aliphatic hydroxyl groups excluding tert-OH is 3. The van der Waals surface area contributed by atoms with Crippen molar-refractivity contribution >= 4 is 0 Å². The van der Waals surface area contributed by atoms with Crippen LogP contribution >= 0.6 is 0 Å². The summed E-state index contributed by atoms with van der Waals surface area (Å²) < 4.78 is 0. The molecule has 0 saturated heterocycles. The molecule has 0 bridgehead atoms. The van der Waals surface area contributed by atoms with Crippen LogP contribution in [0.1, 0.15) is 19.8 Å². The molecule has 0 spiro atoms. The van der Waals surface area contributed by atoms with Crippen molar-refractivity contribution < 1.29 is 15.3 Å². The zero-order valence-corrected chi connectivity index (χ0v) is 8.03. The van der Waals surface area contributed by atoms with Gasteiger partial charge in [-0.2, -0.15) is 0 Å². The second kappa shape index (κ2) is 6.83. The third-order valence-electron chi connectivity index (χ3n) is 1.89. The average Bonchev–Trinajstić information content (AvgIpc) is 2.11. The minimum atomic E-state index is -0.520. The summed E-state index contributed by atoms with van der Waals surface area (Å²) in [5.74, 6) is 0. The summed E-state index contributed by atoms with van der Waals surface area (Å²) >= 11 is 0. The van der Waals surface area contributed by atoms with Crippen molar-refractivity contribution in [2.24, 2.45) is 0 Å². The molecule has 3 heteroatoms. The van der Waals surface area contributed by atoms with E-state index in [1.807, 2.05) is 0 Å². The van der Waals surface area contributed by atoms with Gasteiger partial charge in [0.15, 0.2) is 0 Å². The van der Waals surface area contributed by atoms with Gasteiger partial charge in [-0.3, -0.25) is 0 Å². The molecule has 0 aromatic heterocycles. The van der Waals surface area contributed by atoms with Crippen molar-refractivity contribution in [3.8, 4) is 0 Å². The lowest BCUT2D eigenvalue weighted by molar-refractivity contribution is 0.198. The molecular formula is C10H18O3. The van der Waals surface area contributed by atoms with Crippen molar-refractivity contribution in [1.29, 1.82) is 0 Å². The Morgan fingerprint density at radius 2 is 2.08 bits per heavy atom. The fourth-order valence-electron chi connectivity index (χ4n) is 0.943. The van der Waals surface area contributed by atoms with Crippen molar-refractivity contribution in [2.45, 2.75) is 25.9 Å². The quantitative estimate of drug-likeness (QED) is 0.533. The molecule has 0 amide bonds. The van der Waals surface area contributed by atoms with Gasteiger partial charge in [0.1, 0.15) is 0 Å². The van der Waals surface area contributed by atoms with Crippen LogP contribution < -0.4 is 0 Å². The molecule has 76 valence electrons. The van der Waals surface area contributed by atoms with Crippen LogP contribution in [0.3, 0.4) is 0 Å². The first-order chi connectivity index (χ1) is 6.11. The van der Waals surface area contributed by atoms with Crippen LogP contribution in [0.4, 0.5) is 0 Å². The van der Waals surface area contributed by atoms with E-state index in [0.717, 1.165) is 11.1 Å². The maximum absolute atomic E-state index is 9.37. The van der Waals surface area contributed by atoms with E-state index in [1.165, 1.54) is 0 Å². The highest BCUT2D eigenvalue weighted by atomic mass is 16.3. The lowest BCUT2D eigenvalue weighted by Gasteiger charge is -2.10. The Labute approximate surface area is 79.0 Å². The zero-order chi connectivity index (χ0) is 10.3. The van der Waals surface area contributed by atoms with Crippen LogP contribution in [0.25, 0.3) is 0 Å². The van der Waals surface area contributed by atoms with E-state index >= 15 is 0 Å². The Morgan fingerprint density at radius 1 is 1.46 bits per heavy atom. The molecule has 0 aliphatic heterocycles. The first-order valence-corrected chi connectivity index (χ1v) is 4.35. The summed E-state index contributed by atoms with van der Waals surface area (Å²) in [5.41, 5.74) is 1.48. The highest BCUT2D eigenvalue weighted by molar-refractivity contribution is 5.05. The van der Waals surface area contributed by atoms with Crippen molar-refractivity contribution in [3.63, 3.8) is 0 Å². The SMILES string of the molecule is C=C(C)C(O)CC/C(=C/CO)CO. The standard InChI is InChI=1S/C10H18O3/c1-8(2)10(13)4-3-9(7-12)5-6-11/h5,10-13H,1,3-4,6-7H2,2H3/b9-5-. The summed E-state index contributed by atoms with van der Waals surface area (Å²) in [7, 11) is 0. The first kappa shape index (κ1) is 12.4. The monoisotopic (exact) mass is 186 g/mol. The molecule has 1 atom stereocenters. The predicted molar refractivity (Wildman–Crippen MR) is 52.3 cm³/mol. The van der Waals surface area contributed by atoms with Gasteiger partial charge in [-0.1, -0.05) is 18.2 Å². The van der Waals surface area contributed by atoms with Crippen molar-refractivity contribution in [3.05, 3.63) is 23.8 Å². The number of hydrogen-bond donors (Lipinski definition) is 3. The largest absolute Gasteiger partial charge is 0.392 e. The average molecular weight is 186 g/mol. The van der Waals surface area contributed by atoms with Gasteiger partial charge < -0.3 is 15.3 Å². The van der Waals surface area contributed by atoms with E-state index < -0.39 is 6.10 Å². The van der Waals surface area contributed by atoms with Crippen LogP contribution in [0.15, 0.2) is 23.8 Å². The molecule has 13 heavy (non-hydrogen) atoms. The molecular weight excluding hydrogens is 168 g/mol. The molecule has 0 aromatic rings. The molecule has 0 heterocycles. The second-order valence-corrected chi connectivity index (χ2v) is 3.10. The third kappa shape index (κ3) is 5.58. The van der Waals surface area contributed by atoms with Crippen molar-refractivity contribution in [2.75, 3.05) is 13.2 Å². The van der Waals surface area contributed by atoms with Gasteiger partial charge in [0, 0.05) is 0 Å². The normalized spacial score (nSPS) is 14.3. The molecule has 0 rings (SSSR count). The van der Waals surface area contributed by atoms with Crippen LogP contribution in [0.5, 0.6) is 0 Å². The van der Waals surface area contributed by atoms with E-state index in [0.29, 0.717) is 12.8 Å². The molecule has 0 radical (unpaired) electrons. The summed E-state index contributed by atoms with van der Waals surface area (Å²) in [6, 6.07) is 0. The summed E-state index contributed by atoms with van der Waals surface area (Å²) in [6.45, 7) is 5.25. The number of rotatable bonds is 6.